The van der Waals surface area contributed by atoms with Crippen LogP contribution in [0.5, 0.6) is 0 Å². The van der Waals surface area contributed by atoms with E-state index >= 15 is 0 Å². The Kier molecular flexibility index (Phi) is 5.65. The fourth-order valence-corrected chi connectivity index (χ4v) is 3.12. The molecule has 1 aromatic heterocycles. The summed E-state index contributed by atoms with van der Waals surface area (Å²) in [5, 5.41) is 3.77. The number of nitrogens with zero attached hydrogens (tertiary/aromatic N) is 1. The summed E-state index contributed by atoms with van der Waals surface area (Å²) >= 11 is 0. The van der Waals surface area contributed by atoms with Gasteiger partial charge in [0, 0.05) is 24.2 Å². The average molecular weight is 290 g/mol. The largest absolute Gasteiger partial charge is 0.466 e. The van der Waals surface area contributed by atoms with E-state index in [2.05, 4.69) is 50.1 Å². The van der Waals surface area contributed by atoms with Gasteiger partial charge in [-0.1, -0.05) is 11.6 Å². The number of hydrogen-bond acceptors (Lipinski definition) is 3. The third-order valence-corrected chi connectivity index (χ3v) is 4.38. The van der Waals surface area contributed by atoms with Gasteiger partial charge in [-0.2, -0.15) is 0 Å². The van der Waals surface area contributed by atoms with Crippen molar-refractivity contribution in [1.82, 2.24) is 10.2 Å². The van der Waals surface area contributed by atoms with Crippen molar-refractivity contribution in [2.45, 2.75) is 59.5 Å². The van der Waals surface area contributed by atoms with E-state index in [-0.39, 0.29) is 0 Å². The molecular formula is C18H30N2O. The molecule has 0 spiro atoms. The minimum absolute atomic E-state index is 0.372. The maximum atomic E-state index is 5.64. The lowest BCUT2D eigenvalue weighted by atomic mass is 10.0. The van der Waals surface area contributed by atoms with Gasteiger partial charge in [-0.3, -0.25) is 4.90 Å². The second-order valence-corrected chi connectivity index (χ2v) is 6.61. The van der Waals surface area contributed by atoms with Crippen LogP contribution in [-0.2, 0) is 0 Å². The minimum Gasteiger partial charge on any atom is -0.466 e. The smallest absolute Gasteiger partial charge is 0.105 e. The summed E-state index contributed by atoms with van der Waals surface area (Å²) in [7, 11) is 0. The first-order chi connectivity index (χ1) is 9.95. The van der Waals surface area contributed by atoms with E-state index in [4.69, 9.17) is 4.42 Å². The van der Waals surface area contributed by atoms with Crippen molar-refractivity contribution in [1.29, 1.82) is 0 Å². The highest BCUT2D eigenvalue weighted by Gasteiger charge is 2.21. The van der Waals surface area contributed by atoms with E-state index < -0.39 is 0 Å². The Morgan fingerprint density at radius 1 is 1.38 bits per heavy atom. The van der Waals surface area contributed by atoms with Crippen molar-refractivity contribution in [2.24, 2.45) is 0 Å². The van der Waals surface area contributed by atoms with E-state index in [1.54, 1.807) is 0 Å². The summed E-state index contributed by atoms with van der Waals surface area (Å²) in [6, 6.07) is 3.16. The van der Waals surface area contributed by atoms with E-state index in [1.165, 1.54) is 37.1 Å². The lowest BCUT2D eigenvalue weighted by molar-refractivity contribution is 0.208. The number of nitrogens with one attached hydrogen (secondary N) is 1. The number of likely N-dealkylation sites (tertiary alicyclic amines) is 1. The Morgan fingerprint density at radius 3 is 2.57 bits per heavy atom. The van der Waals surface area contributed by atoms with Gasteiger partial charge in [0.1, 0.15) is 11.5 Å². The number of hydrogen-bond donors (Lipinski definition) is 1. The van der Waals surface area contributed by atoms with Crippen LogP contribution >= 0.6 is 0 Å². The molecule has 0 aromatic carbocycles. The van der Waals surface area contributed by atoms with Gasteiger partial charge >= 0.3 is 0 Å². The van der Waals surface area contributed by atoms with Crippen molar-refractivity contribution in [3.63, 3.8) is 0 Å². The highest BCUT2D eigenvalue weighted by Crippen LogP contribution is 2.23. The first-order valence-corrected chi connectivity index (χ1v) is 8.14. The van der Waals surface area contributed by atoms with Gasteiger partial charge in [-0.25, -0.2) is 0 Å². The molecule has 21 heavy (non-hydrogen) atoms. The summed E-state index contributed by atoms with van der Waals surface area (Å²) < 4.78 is 5.64. The average Bonchev–Trinajstić information content (AvgIpc) is 2.77. The molecule has 2 heterocycles. The van der Waals surface area contributed by atoms with Gasteiger partial charge < -0.3 is 9.73 Å². The van der Waals surface area contributed by atoms with E-state index in [1.807, 2.05) is 6.92 Å². The Bertz CT molecular complexity index is 477. The second kappa shape index (κ2) is 7.28. The molecule has 118 valence electrons. The predicted molar refractivity (Wildman–Crippen MR) is 88.6 cm³/mol. The Balaban J connectivity index is 1.80. The zero-order chi connectivity index (χ0) is 15.4. The molecule has 1 atom stereocenters. The topological polar surface area (TPSA) is 28.4 Å². The molecule has 0 bridgehead atoms. The highest BCUT2D eigenvalue weighted by atomic mass is 16.3. The molecule has 1 unspecified atom stereocenters. The van der Waals surface area contributed by atoms with Gasteiger partial charge in [0.2, 0.25) is 0 Å². The molecule has 1 N–H and O–H groups in total. The van der Waals surface area contributed by atoms with Crippen LogP contribution in [0.4, 0.5) is 0 Å². The quantitative estimate of drug-likeness (QED) is 0.832. The predicted octanol–water partition coefficient (Wildman–Crippen LogP) is 3.98. The third kappa shape index (κ3) is 4.72. The zero-order valence-electron chi connectivity index (χ0n) is 14.2. The molecule has 0 amide bonds. The van der Waals surface area contributed by atoms with Crippen molar-refractivity contribution in [3.05, 3.63) is 34.8 Å². The zero-order valence-corrected chi connectivity index (χ0v) is 14.2. The Hall–Kier alpha value is -1.06. The van der Waals surface area contributed by atoms with Crippen molar-refractivity contribution < 1.29 is 4.42 Å². The molecule has 1 fully saturated rings. The van der Waals surface area contributed by atoms with Crippen molar-refractivity contribution in [2.75, 3.05) is 19.6 Å². The maximum absolute atomic E-state index is 5.64. The summed E-state index contributed by atoms with van der Waals surface area (Å²) in [6.45, 7) is 14.1. The number of rotatable bonds is 5. The van der Waals surface area contributed by atoms with Crippen LogP contribution in [0.1, 0.15) is 56.7 Å². The molecule has 1 saturated heterocycles. The van der Waals surface area contributed by atoms with E-state index in [0.29, 0.717) is 12.1 Å². The molecule has 1 aromatic rings. The summed E-state index contributed by atoms with van der Waals surface area (Å²) in [5.74, 6) is 2.06. The third-order valence-electron chi connectivity index (χ3n) is 4.38. The fourth-order valence-electron chi connectivity index (χ4n) is 3.12. The standard InChI is InChI=1S/C18H30N2O/c1-13(2)6-9-20-10-7-17(8-11-20)19-15(4)18-12-14(3)21-16(18)5/h6,12,15,17,19H,7-11H2,1-5H3. The fraction of sp³-hybridized carbons (Fsp3) is 0.667. The van der Waals surface area contributed by atoms with Crippen LogP contribution in [0.2, 0.25) is 0 Å². The van der Waals surface area contributed by atoms with E-state index in [0.717, 1.165) is 18.1 Å². The van der Waals surface area contributed by atoms with Gasteiger partial charge in [-0.05, 0) is 66.6 Å². The first-order valence-electron chi connectivity index (χ1n) is 8.14. The number of aryl methyl sites for hydroxylation is 2. The van der Waals surface area contributed by atoms with Crippen LogP contribution in [0, 0.1) is 13.8 Å². The molecule has 1 aliphatic rings. The highest BCUT2D eigenvalue weighted by molar-refractivity contribution is 5.23. The molecule has 0 aliphatic carbocycles. The summed E-state index contributed by atoms with van der Waals surface area (Å²) in [4.78, 5) is 2.54. The van der Waals surface area contributed by atoms with Crippen molar-refractivity contribution >= 4 is 0 Å². The summed E-state index contributed by atoms with van der Waals surface area (Å²) in [6.07, 6.45) is 4.79. The van der Waals surface area contributed by atoms with E-state index in [9.17, 15) is 0 Å². The van der Waals surface area contributed by atoms with Gasteiger partial charge in [0.05, 0.1) is 0 Å². The lowest BCUT2D eigenvalue weighted by Gasteiger charge is -2.33. The monoisotopic (exact) mass is 290 g/mol. The van der Waals surface area contributed by atoms with Crippen LogP contribution in [0.15, 0.2) is 22.1 Å². The molecule has 2 rings (SSSR count). The van der Waals surface area contributed by atoms with Crippen LogP contribution in [0.25, 0.3) is 0 Å². The second-order valence-electron chi connectivity index (χ2n) is 6.61. The van der Waals surface area contributed by atoms with Gasteiger partial charge in [-0.15, -0.1) is 0 Å². The molecule has 0 saturated carbocycles. The molecule has 3 nitrogen and oxygen atoms in total. The lowest BCUT2D eigenvalue weighted by Crippen LogP contribution is -2.43. The number of furan rings is 1. The molecule has 1 aliphatic heterocycles. The van der Waals surface area contributed by atoms with Gasteiger partial charge in [0.25, 0.3) is 0 Å². The normalized spacial score (nSPS) is 18.7. The van der Waals surface area contributed by atoms with Crippen LogP contribution in [-0.4, -0.2) is 30.6 Å². The minimum atomic E-state index is 0.372. The molecule has 0 radical (unpaired) electrons. The SMILES string of the molecule is CC(C)=CCN1CCC(NC(C)c2cc(C)oc2C)CC1. The first kappa shape index (κ1) is 16.3. The van der Waals surface area contributed by atoms with Crippen LogP contribution in [0.3, 0.4) is 0 Å². The Labute approximate surface area is 129 Å². The van der Waals surface area contributed by atoms with Gasteiger partial charge in [0.15, 0.2) is 0 Å². The summed E-state index contributed by atoms with van der Waals surface area (Å²) in [5.41, 5.74) is 2.72. The van der Waals surface area contributed by atoms with Crippen LogP contribution < -0.4 is 5.32 Å². The number of allylic oxidation sites excluding steroid dienone is 1. The van der Waals surface area contributed by atoms with Crippen molar-refractivity contribution in [3.8, 4) is 0 Å². The number of piperidine rings is 1. The molecular weight excluding hydrogens is 260 g/mol. The molecule has 3 heteroatoms. The maximum Gasteiger partial charge on any atom is 0.105 e. The Morgan fingerprint density at radius 2 is 2.05 bits per heavy atom.